The number of aliphatic carboxylic acids is 1. The quantitative estimate of drug-likeness (QED) is 0.373. The van der Waals surface area contributed by atoms with Crippen molar-refractivity contribution in [2.75, 3.05) is 0 Å². The summed E-state index contributed by atoms with van der Waals surface area (Å²) in [6.07, 6.45) is -1.99. The van der Waals surface area contributed by atoms with Crippen LogP contribution in [0.1, 0.15) is 19.3 Å². The van der Waals surface area contributed by atoms with Gasteiger partial charge < -0.3 is 20.2 Å². The summed E-state index contributed by atoms with van der Waals surface area (Å²) in [5.41, 5.74) is 0. The summed E-state index contributed by atoms with van der Waals surface area (Å²) >= 11 is 0. The minimum atomic E-state index is -2.88. The number of carboxylic acids is 1. The molecule has 94 valence electrons. The first-order valence-corrected chi connectivity index (χ1v) is 4.49. The molecule has 1 saturated heterocycles. The molecule has 1 fully saturated rings. The zero-order valence-electron chi connectivity index (χ0n) is 8.45. The predicted octanol–water partition coefficient (Wildman–Crippen LogP) is -2.25. The van der Waals surface area contributed by atoms with Gasteiger partial charge in [-0.1, -0.05) is 5.06 Å². The average molecular weight is 247 g/mol. The molecule has 0 saturated carbocycles. The summed E-state index contributed by atoms with van der Waals surface area (Å²) in [4.78, 5) is 47.6. The predicted molar refractivity (Wildman–Crippen MR) is 46.6 cm³/mol. The summed E-state index contributed by atoms with van der Waals surface area (Å²) in [6.45, 7) is 0. The number of aliphatic hydroxyl groups is 2. The molecule has 2 amide bonds. The normalized spacial score (nSPS) is 18.4. The van der Waals surface area contributed by atoms with Gasteiger partial charge in [0.15, 0.2) is 0 Å². The Kier molecular flexibility index (Phi) is 3.44. The number of carbonyl (C=O) groups excluding carboxylic acids is 3. The molecule has 9 nitrogen and oxygen atoms in total. The monoisotopic (exact) mass is 247 g/mol. The Morgan fingerprint density at radius 2 is 1.88 bits per heavy atom. The van der Waals surface area contributed by atoms with Crippen LogP contribution in [0.25, 0.3) is 0 Å². The minimum Gasteiger partial charge on any atom is -0.481 e. The number of imide groups is 1. The number of nitrogens with zero attached hydrogens (tertiary/aromatic N) is 1. The lowest BCUT2D eigenvalue weighted by Gasteiger charge is -2.14. The Balaban J connectivity index is 2.58. The fraction of sp³-hybridized carbons (Fsp3) is 0.500. The lowest BCUT2D eigenvalue weighted by atomic mass is 10.2. The van der Waals surface area contributed by atoms with Gasteiger partial charge in [-0.05, 0) is 0 Å². The van der Waals surface area contributed by atoms with Crippen LogP contribution < -0.4 is 0 Å². The lowest BCUT2D eigenvalue weighted by Crippen LogP contribution is -2.41. The zero-order chi connectivity index (χ0) is 13.2. The van der Waals surface area contributed by atoms with Crippen LogP contribution in [-0.4, -0.2) is 49.9 Å². The summed E-state index contributed by atoms with van der Waals surface area (Å²) in [5, 5.41) is 26.2. The molecule has 17 heavy (non-hydrogen) atoms. The second-order valence-electron chi connectivity index (χ2n) is 3.34. The van der Waals surface area contributed by atoms with Gasteiger partial charge in [-0.3, -0.25) is 14.4 Å². The molecule has 1 aliphatic rings. The fourth-order valence-electron chi connectivity index (χ4n) is 1.08. The molecule has 9 heteroatoms. The van der Waals surface area contributed by atoms with E-state index in [0.29, 0.717) is 0 Å². The first kappa shape index (κ1) is 13.1. The summed E-state index contributed by atoms with van der Waals surface area (Å²) in [5.74, 6) is -7.84. The Hall–Kier alpha value is -2.00. The van der Waals surface area contributed by atoms with E-state index < -0.39 is 48.8 Å². The molecule has 0 bridgehead atoms. The third-order valence-corrected chi connectivity index (χ3v) is 1.89. The van der Waals surface area contributed by atoms with Crippen LogP contribution in [0.2, 0.25) is 0 Å². The third kappa shape index (κ3) is 2.98. The SMILES string of the molecule is O=C(O)CCC(=O)ON1C(=O)CC(O)(O)C1=O. The fourth-order valence-corrected chi connectivity index (χ4v) is 1.08. The van der Waals surface area contributed by atoms with Gasteiger partial charge in [0.05, 0.1) is 19.3 Å². The Morgan fingerprint density at radius 1 is 1.29 bits per heavy atom. The second-order valence-corrected chi connectivity index (χ2v) is 3.34. The van der Waals surface area contributed by atoms with E-state index in [9.17, 15) is 19.2 Å². The molecule has 0 spiro atoms. The van der Waals surface area contributed by atoms with Gasteiger partial charge in [0.2, 0.25) is 0 Å². The van der Waals surface area contributed by atoms with Crippen molar-refractivity contribution in [2.24, 2.45) is 0 Å². The number of carboxylic acid groups (broad SMARTS) is 1. The Labute approximate surface area is 94.1 Å². The molecule has 0 aromatic heterocycles. The highest BCUT2D eigenvalue weighted by Gasteiger charge is 2.52. The Morgan fingerprint density at radius 3 is 2.29 bits per heavy atom. The molecule has 0 radical (unpaired) electrons. The lowest BCUT2D eigenvalue weighted by molar-refractivity contribution is -0.212. The van der Waals surface area contributed by atoms with Crippen molar-refractivity contribution >= 4 is 23.8 Å². The van der Waals surface area contributed by atoms with Crippen molar-refractivity contribution in [3.63, 3.8) is 0 Å². The van der Waals surface area contributed by atoms with Crippen molar-refractivity contribution in [1.29, 1.82) is 0 Å². The molecule has 1 heterocycles. The number of hydrogen-bond donors (Lipinski definition) is 3. The van der Waals surface area contributed by atoms with Crippen LogP contribution in [0.5, 0.6) is 0 Å². The average Bonchev–Trinajstić information content (AvgIpc) is 2.38. The third-order valence-electron chi connectivity index (χ3n) is 1.89. The van der Waals surface area contributed by atoms with Crippen molar-refractivity contribution in [3.05, 3.63) is 0 Å². The number of carbonyl (C=O) groups is 4. The van der Waals surface area contributed by atoms with Crippen LogP contribution in [0.3, 0.4) is 0 Å². The van der Waals surface area contributed by atoms with Crippen LogP contribution in [0.15, 0.2) is 0 Å². The second kappa shape index (κ2) is 4.47. The summed E-state index contributed by atoms with van der Waals surface area (Å²) in [6, 6.07) is 0. The van der Waals surface area contributed by atoms with Crippen molar-refractivity contribution in [3.8, 4) is 0 Å². The smallest absolute Gasteiger partial charge is 0.333 e. The summed E-state index contributed by atoms with van der Waals surface area (Å²) < 4.78 is 0. The first-order valence-electron chi connectivity index (χ1n) is 4.49. The standard InChI is InChI=1S/C8H9NO8/c10-4-3-8(15,16)7(14)9(4)17-6(13)2-1-5(11)12/h15-16H,1-3H2,(H,11,12). The molecule has 0 aromatic rings. The van der Waals surface area contributed by atoms with Crippen LogP contribution in [0.4, 0.5) is 0 Å². The molecule has 0 aromatic carbocycles. The molecule has 0 atom stereocenters. The van der Waals surface area contributed by atoms with E-state index in [1.807, 2.05) is 0 Å². The van der Waals surface area contributed by atoms with Crippen molar-refractivity contribution in [1.82, 2.24) is 5.06 Å². The van der Waals surface area contributed by atoms with E-state index in [-0.39, 0.29) is 5.06 Å². The van der Waals surface area contributed by atoms with E-state index in [0.717, 1.165) is 0 Å². The highest BCUT2D eigenvalue weighted by molar-refractivity contribution is 6.06. The molecular weight excluding hydrogens is 238 g/mol. The van der Waals surface area contributed by atoms with Crippen LogP contribution >= 0.6 is 0 Å². The molecule has 3 N–H and O–H groups in total. The molecule has 0 aliphatic carbocycles. The maximum atomic E-state index is 11.1. The number of amides is 2. The largest absolute Gasteiger partial charge is 0.481 e. The highest BCUT2D eigenvalue weighted by Crippen LogP contribution is 2.21. The van der Waals surface area contributed by atoms with Gasteiger partial charge in [-0.25, -0.2) is 4.79 Å². The van der Waals surface area contributed by atoms with Gasteiger partial charge in [0, 0.05) is 0 Å². The van der Waals surface area contributed by atoms with Crippen LogP contribution in [0, 0.1) is 0 Å². The van der Waals surface area contributed by atoms with Gasteiger partial charge in [0.1, 0.15) is 0 Å². The van der Waals surface area contributed by atoms with Crippen molar-refractivity contribution < 1.29 is 39.3 Å². The number of hydrogen-bond acceptors (Lipinski definition) is 7. The van der Waals surface area contributed by atoms with E-state index >= 15 is 0 Å². The van der Waals surface area contributed by atoms with E-state index in [4.69, 9.17) is 15.3 Å². The number of hydroxylamine groups is 2. The zero-order valence-corrected chi connectivity index (χ0v) is 8.45. The van der Waals surface area contributed by atoms with E-state index in [1.54, 1.807) is 0 Å². The Bertz CT molecular complexity index is 387. The van der Waals surface area contributed by atoms with Gasteiger partial charge in [-0.15, -0.1) is 0 Å². The molecule has 1 rings (SSSR count). The van der Waals surface area contributed by atoms with Gasteiger partial charge >= 0.3 is 17.8 Å². The van der Waals surface area contributed by atoms with Crippen molar-refractivity contribution in [2.45, 2.75) is 25.0 Å². The summed E-state index contributed by atoms with van der Waals surface area (Å²) in [7, 11) is 0. The van der Waals surface area contributed by atoms with E-state index in [1.165, 1.54) is 0 Å². The minimum absolute atomic E-state index is 0.0792. The molecule has 1 aliphatic heterocycles. The van der Waals surface area contributed by atoms with Gasteiger partial charge in [0.25, 0.3) is 11.7 Å². The van der Waals surface area contributed by atoms with Gasteiger partial charge in [-0.2, -0.15) is 0 Å². The molecular formula is C8H9NO8. The topological polar surface area (TPSA) is 141 Å². The maximum Gasteiger partial charge on any atom is 0.333 e. The molecule has 0 unspecified atom stereocenters. The highest BCUT2D eigenvalue weighted by atomic mass is 16.7. The first-order chi connectivity index (χ1) is 7.74. The maximum absolute atomic E-state index is 11.1. The number of rotatable bonds is 4. The van der Waals surface area contributed by atoms with E-state index in [2.05, 4.69) is 4.84 Å². The van der Waals surface area contributed by atoms with Crippen LogP contribution in [-0.2, 0) is 24.0 Å².